The lowest BCUT2D eigenvalue weighted by Gasteiger charge is -2.23. The molecule has 4 heteroatoms. The summed E-state index contributed by atoms with van der Waals surface area (Å²) in [5.74, 6) is 0.116. The van der Waals surface area contributed by atoms with E-state index in [0.717, 1.165) is 25.9 Å². The Kier molecular flexibility index (Phi) is 3.89. The Hall–Kier alpha value is -0.900. The molecule has 0 aromatic carbocycles. The first kappa shape index (κ1) is 10.2. The zero-order valence-corrected chi connectivity index (χ0v) is 7.79. The highest BCUT2D eigenvalue weighted by atomic mass is 16.5. The highest BCUT2D eigenvalue weighted by Crippen LogP contribution is 2.15. The van der Waals surface area contributed by atoms with Gasteiger partial charge in [0.25, 0.3) is 6.47 Å². The number of ether oxygens (including phenoxy) is 1. The number of Topliss-reactive ketones (excluding diaryl/α,β-unsaturated/α-hetero) is 1. The van der Waals surface area contributed by atoms with Crippen LogP contribution in [0.1, 0.15) is 19.8 Å². The molecule has 0 aromatic rings. The molecule has 0 amide bonds. The third kappa shape index (κ3) is 2.81. The molecule has 1 unspecified atom stereocenters. The number of nitrogens with one attached hydrogen (secondary N) is 1. The van der Waals surface area contributed by atoms with Gasteiger partial charge in [-0.3, -0.25) is 9.59 Å². The number of hydrogen-bond acceptors (Lipinski definition) is 4. The third-order valence-corrected chi connectivity index (χ3v) is 2.40. The molecule has 1 heterocycles. The van der Waals surface area contributed by atoms with Gasteiger partial charge in [-0.25, -0.2) is 0 Å². The van der Waals surface area contributed by atoms with Crippen LogP contribution in [0.15, 0.2) is 0 Å². The molecule has 1 fully saturated rings. The lowest BCUT2D eigenvalue weighted by atomic mass is 9.91. The molecule has 1 atom stereocenters. The van der Waals surface area contributed by atoms with Gasteiger partial charge in [0, 0.05) is 5.92 Å². The van der Waals surface area contributed by atoms with E-state index in [9.17, 15) is 9.59 Å². The Morgan fingerprint density at radius 2 is 2.15 bits per heavy atom. The summed E-state index contributed by atoms with van der Waals surface area (Å²) in [6.45, 7) is 3.72. The van der Waals surface area contributed by atoms with Crippen LogP contribution in [0.5, 0.6) is 0 Å². The fourth-order valence-electron chi connectivity index (χ4n) is 1.59. The van der Waals surface area contributed by atoms with Crippen molar-refractivity contribution >= 4 is 12.3 Å². The molecule has 0 aromatic heterocycles. The monoisotopic (exact) mass is 185 g/mol. The standard InChI is InChI=1S/C9H15NO3/c1-7(13-6-11)9(12)8-2-4-10-5-3-8/h6-8,10H,2-5H2,1H3. The first-order valence-electron chi connectivity index (χ1n) is 4.59. The van der Waals surface area contributed by atoms with Gasteiger partial charge < -0.3 is 10.1 Å². The summed E-state index contributed by atoms with van der Waals surface area (Å²) in [4.78, 5) is 21.6. The highest BCUT2D eigenvalue weighted by Gasteiger charge is 2.25. The highest BCUT2D eigenvalue weighted by molar-refractivity contribution is 5.85. The summed E-state index contributed by atoms with van der Waals surface area (Å²) in [5, 5.41) is 3.18. The van der Waals surface area contributed by atoms with Crippen molar-refractivity contribution in [1.82, 2.24) is 5.32 Å². The van der Waals surface area contributed by atoms with Gasteiger partial charge >= 0.3 is 0 Å². The van der Waals surface area contributed by atoms with E-state index >= 15 is 0 Å². The number of piperidine rings is 1. The van der Waals surface area contributed by atoms with Crippen LogP contribution in [-0.4, -0.2) is 31.4 Å². The molecular formula is C9H15NO3. The van der Waals surface area contributed by atoms with Gasteiger partial charge in [0.05, 0.1) is 0 Å². The Bertz CT molecular complexity index is 187. The van der Waals surface area contributed by atoms with Crippen molar-refractivity contribution in [3.05, 3.63) is 0 Å². The average molecular weight is 185 g/mol. The predicted molar refractivity (Wildman–Crippen MR) is 47.2 cm³/mol. The smallest absolute Gasteiger partial charge is 0.293 e. The minimum Gasteiger partial charge on any atom is -0.457 e. The van der Waals surface area contributed by atoms with E-state index < -0.39 is 6.10 Å². The molecule has 0 aliphatic carbocycles. The Labute approximate surface area is 77.6 Å². The van der Waals surface area contributed by atoms with Crippen LogP contribution in [0.3, 0.4) is 0 Å². The van der Waals surface area contributed by atoms with E-state index in [-0.39, 0.29) is 11.7 Å². The molecule has 1 aliphatic heterocycles. The Morgan fingerprint density at radius 1 is 1.54 bits per heavy atom. The maximum Gasteiger partial charge on any atom is 0.293 e. The van der Waals surface area contributed by atoms with Crippen molar-refractivity contribution in [2.24, 2.45) is 5.92 Å². The summed E-state index contributed by atoms with van der Waals surface area (Å²) < 4.78 is 4.61. The van der Waals surface area contributed by atoms with Crippen LogP contribution in [-0.2, 0) is 14.3 Å². The molecule has 0 saturated carbocycles. The largest absolute Gasteiger partial charge is 0.457 e. The molecule has 0 bridgehead atoms. The lowest BCUT2D eigenvalue weighted by Crippen LogP contribution is -2.36. The Morgan fingerprint density at radius 3 is 2.69 bits per heavy atom. The number of carbonyl (C=O) groups excluding carboxylic acids is 2. The second-order valence-corrected chi connectivity index (χ2v) is 3.30. The van der Waals surface area contributed by atoms with Gasteiger partial charge in [0.2, 0.25) is 0 Å². The zero-order chi connectivity index (χ0) is 9.68. The van der Waals surface area contributed by atoms with Crippen LogP contribution in [0, 0.1) is 5.92 Å². The molecule has 0 spiro atoms. The van der Waals surface area contributed by atoms with Crippen LogP contribution in [0.25, 0.3) is 0 Å². The lowest BCUT2D eigenvalue weighted by molar-refractivity contribution is -0.145. The Balaban J connectivity index is 2.40. The molecule has 1 aliphatic rings. The van der Waals surface area contributed by atoms with E-state index in [1.165, 1.54) is 0 Å². The zero-order valence-electron chi connectivity index (χ0n) is 7.79. The van der Waals surface area contributed by atoms with Crippen molar-refractivity contribution in [2.75, 3.05) is 13.1 Å². The fourth-order valence-corrected chi connectivity index (χ4v) is 1.59. The van der Waals surface area contributed by atoms with Gasteiger partial charge in [-0.15, -0.1) is 0 Å². The third-order valence-electron chi connectivity index (χ3n) is 2.40. The summed E-state index contributed by atoms with van der Waals surface area (Å²) >= 11 is 0. The molecule has 4 nitrogen and oxygen atoms in total. The molecule has 1 N–H and O–H groups in total. The van der Waals surface area contributed by atoms with Gasteiger partial charge in [-0.2, -0.15) is 0 Å². The molecule has 74 valence electrons. The second kappa shape index (κ2) is 4.97. The van der Waals surface area contributed by atoms with Crippen LogP contribution in [0.4, 0.5) is 0 Å². The van der Waals surface area contributed by atoms with E-state index in [2.05, 4.69) is 10.1 Å². The summed E-state index contributed by atoms with van der Waals surface area (Å²) in [6, 6.07) is 0. The van der Waals surface area contributed by atoms with Crippen LogP contribution < -0.4 is 5.32 Å². The summed E-state index contributed by atoms with van der Waals surface area (Å²) in [7, 11) is 0. The van der Waals surface area contributed by atoms with Gasteiger partial charge in [0.15, 0.2) is 11.9 Å². The first-order valence-corrected chi connectivity index (χ1v) is 4.59. The maximum atomic E-state index is 11.6. The number of rotatable bonds is 4. The summed E-state index contributed by atoms with van der Waals surface area (Å²) in [6.07, 6.45) is 1.12. The van der Waals surface area contributed by atoms with Crippen molar-refractivity contribution < 1.29 is 14.3 Å². The number of hydrogen-bond donors (Lipinski definition) is 1. The first-order chi connectivity index (χ1) is 6.25. The molecule has 1 rings (SSSR count). The molecular weight excluding hydrogens is 170 g/mol. The van der Waals surface area contributed by atoms with E-state index in [4.69, 9.17) is 0 Å². The average Bonchev–Trinajstić information content (AvgIpc) is 2.18. The minimum atomic E-state index is -0.583. The minimum absolute atomic E-state index is 0.0496. The fraction of sp³-hybridized carbons (Fsp3) is 0.778. The van der Waals surface area contributed by atoms with Gasteiger partial charge in [0.1, 0.15) is 0 Å². The second-order valence-electron chi connectivity index (χ2n) is 3.30. The number of carbonyl (C=O) groups is 2. The molecule has 0 radical (unpaired) electrons. The summed E-state index contributed by atoms with van der Waals surface area (Å²) in [5.41, 5.74) is 0. The van der Waals surface area contributed by atoms with Crippen molar-refractivity contribution in [1.29, 1.82) is 0 Å². The normalized spacial score (nSPS) is 20.7. The van der Waals surface area contributed by atoms with Crippen LogP contribution in [0.2, 0.25) is 0 Å². The topological polar surface area (TPSA) is 55.4 Å². The van der Waals surface area contributed by atoms with E-state index in [1.54, 1.807) is 6.92 Å². The predicted octanol–water partition coefficient (Wildman–Crippen LogP) is 0.117. The van der Waals surface area contributed by atoms with E-state index in [0.29, 0.717) is 6.47 Å². The van der Waals surface area contributed by atoms with Crippen molar-refractivity contribution in [2.45, 2.75) is 25.9 Å². The van der Waals surface area contributed by atoms with Crippen molar-refractivity contribution in [3.63, 3.8) is 0 Å². The number of ketones is 1. The van der Waals surface area contributed by atoms with E-state index in [1.807, 2.05) is 0 Å². The maximum absolute atomic E-state index is 11.6. The van der Waals surface area contributed by atoms with Gasteiger partial charge in [-0.05, 0) is 32.9 Å². The molecule has 13 heavy (non-hydrogen) atoms. The van der Waals surface area contributed by atoms with Gasteiger partial charge in [-0.1, -0.05) is 0 Å². The SMILES string of the molecule is CC(OC=O)C(=O)C1CCNCC1. The van der Waals surface area contributed by atoms with Crippen LogP contribution >= 0.6 is 0 Å². The quantitative estimate of drug-likeness (QED) is 0.632. The van der Waals surface area contributed by atoms with Crippen molar-refractivity contribution in [3.8, 4) is 0 Å². The molecule has 1 saturated heterocycles.